The van der Waals surface area contributed by atoms with Gasteiger partial charge in [0.05, 0.1) is 14.1 Å². The predicted molar refractivity (Wildman–Crippen MR) is 101 cm³/mol. The summed E-state index contributed by atoms with van der Waals surface area (Å²) in [5.74, 6) is 0.103. The first-order valence-corrected chi connectivity index (χ1v) is 12.0. The van der Waals surface area contributed by atoms with Crippen LogP contribution in [-0.4, -0.2) is 25.1 Å². The van der Waals surface area contributed by atoms with Gasteiger partial charge in [0.1, 0.15) is 4.99 Å². The molecule has 0 saturated carbocycles. The molecule has 2 N–H and O–H groups in total. The van der Waals surface area contributed by atoms with Crippen LogP contribution in [0.1, 0.15) is 43.9 Å². The van der Waals surface area contributed by atoms with Crippen LogP contribution in [0.15, 0.2) is 24.3 Å². The molecule has 0 heterocycles. The van der Waals surface area contributed by atoms with Crippen LogP contribution in [0.2, 0.25) is 19.6 Å². The molecule has 0 bridgehead atoms. The lowest BCUT2D eigenvalue weighted by molar-refractivity contribution is -0.121. The molecular formula is C17H28N2OSSi. The van der Waals surface area contributed by atoms with Crippen LogP contribution in [-0.2, 0) is 4.79 Å². The number of amides is 1. The second kappa shape index (κ2) is 8.43. The summed E-state index contributed by atoms with van der Waals surface area (Å²) in [5.41, 5.74) is 2.13. The first-order chi connectivity index (χ1) is 10.2. The molecule has 1 unspecified atom stereocenters. The summed E-state index contributed by atoms with van der Waals surface area (Å²) in [6, 6.07) is 8.15. The maximum absolute atomic E-state index is 11.6. The summed E-state index contributed by atoms with van der Waals surface area (Å²) < 4.78 is 0. The molecule has 0 aromatic heterocycles. The van der Waals surface area contributed by atoms with Crippen molar-refractivity contribution in [2.45, 2.75) is 52.4 Å². The van der Waals surface area contributed by atoms with Gasteiger partial charge in [0.15, 0.2) is 0 Å². The third-order valence-corrected chi connectivity index (χ3v) is 4.92. The van der Waals surface area contributed by atoms with E-state index >= 15 is 0 Å². The summed E-state index contributed by atoms with van der Waals surface area (Å²) in [5, 5.41) is 6.37. The fourth-order valence-electron chi connectivity index (χ4n) is 1.99. The van der Waals surface area contributed by atoms with Crippen molar-refractivity contribution >= 4 is 31.2 Å². The third-order valence-electron chi connectivity index (χ3n) is 3.31. The number of benzene rings is 1. The van der Waals surface area contributed by atoms with Crippen molar-refractivity contribution < 1.29 is 4.79 Å². The second-order valence-electron chi connectivity index (χ2n) is 6.90. The molecular weight excluding hydrogens is 308 g/mol. The van der Waals surface area contributed by atoms with Gasteiger partial charge in [-0.05, 0) is 18.9 Å². The molecule has 1 amide bonds. The normalized spacial score (nSPS) is 12.6. The van der Waals surface area contributed by atoms with Crippen molar-refractivity contribution in [2.75, 3.05) is 6.17 Å². The van der Waals surface area contributed by atoms with E-state index in [2.05, 4.69) is 30.3 Å². The van der Waals surface area contributed by atoms with Crippen molar-refractivity contribution in [1.29, 1.82) is 0 Å². The maximum Gasteiger partial charge on any atom is 0.220 e. The molecule has 0 fully saturated rings. The van der Waals surface area contributed by atoms with E-state index in [9.17, 15) is 4.79 Å². The smallest absolute Gasteiger partial charge is 0.220 e. The van der Waals surface area contributed by atoms with Crippen molar-refractivity contribution in [3.8, 4) is 0 Å². The summed E-state index contributed by atoms with van der Waals surface area (Å²) in [7, 11) is -1.15. The lowest BCUT2D eigenvalue weighted by Crippen LogP contribution is -2.39. The van der Waals surface area contributed by atoms with Crippen LogP contribution in [0, 0.1) is 0 Å². The number of rotatable bonds is 7. The molecule has 0 radical (unpaired) electrons. The first-order valence-electron chi connectivity index (χ1n) is 7.90. The van der Waals surface area contributed by atoms with Crippen molar-refractivity contribution in [3.63, 3.8) is 0 Å². The number of carbonyl (C=O) groups excluding carboxylic acids is 1. The highest BCUT2D eigenvalue weighted by Gasteiger charge is 2.14. The molecule has 122 valence electrons. The zero-order valence-corrected chi connectivity index (χ0v) is 16.1. The maximum atomic E-state index is 11.6. The Hall–Kier alpha value is -1.20. The van der Waals surface area contributed by atoms with Crippen LogP contribution >= 0.6 is 12.2 Å². The molecule has 0 aliphatic heterocycles. The van der Waals surface area contributed by atoms with Crippen molar-refractivity contribution in [3.05, 3.63) is 35.4 Å². The summed E-state index contributed by atoms with van der Waals surface area (Å²) >= 11 is 5.44. The van der Waals surface area contributed by atoms with Crippen LogP contribution in [0.5, 0.6) is 0 Å². The number of nitrogens with one attached hydrogen (secondary N) is 2. The van der Waals surface area contributed by atoms with E-state index in [4.69, 9.17) is 12.2 Å². The molecule has 1 aromatic rings. The van der Waals surface area contributed by atoms with Crippen LogP contribution in [0.3, 0.4) is 0 Å². The number of hydrogen-bond donors (Lipinski definition) is 2. The van der Waals surface area contributed by atoms with E-state index in [-0.39, 0.29) is 11.9 Å². The van der Waals surface area contributed by atoms with Gasteiger partial charge in [-0.2, -0.15) is 0 Å². The van der Waals surface area contributed by atoms with E-state index in [1.165, 1.54) is 0 Å². The van der Waals surface area contributed by atoms with E-state index in [1.807, 2.05) is 38.1 Å². The Bertz CT molecular complexity index is 508. The highest BCUT2D eigenvalue weighted by atomic mass is 32.1. The zero-order valence-electron chi connectivity index (χ0n) is 14.3. The summed E-state index contributed by atoms with van der Waals surface area (Å²) in [6.07, 6.45) is 2.43. The SMILES string of the molecule is CCCC(=O)NC(C)c1ccc(C(=S)NC[Si](C)(C)C)cc1. The number of thiocarbonyl (C=S) groups is 1. The van der Waals surface area contributed by atoms with E-state index in [0.29, 0.717) is 6.42 Å². The third kappa shape index (κ3) is 6.71. The highest BCUT2D eigenvalue weighted by Crippen LogP contribution is 2.14. The Kier molecular flexibility index (Phi) is 7.23. The molecule has 1 rings (SSSR count). The van der Waals surface area contributed by atoms with Gasteiger partial charge < -0.3 is 10.6 Å². The lowest BCUT2D eigenvalue weighted by atomic mass is 10.1. The predicted octanol–water partition coefficient (Wildman–Crippen LogP) is 3.81. The van der Waals surface area contributed by atoms with Gasteiger partial charge in [0, 0.05) is 18.2 Å². The van der Waals surface area contributed by atoms with Crippen LogP contribution in [0.4, 0.5) is 0 Å². The topological polar surface area (TPSA) is 41.1 Å². The molecule has 0 aliphatic carbocycles. The van der Waals surface area contributed by atoms with Crippen molar-refractivity contribution in [2.24, 2.45) is 0 Å². The molecule has 0 saturated heterocycles. The Labute approximate surface area is 140 Å². The molecule has 3 nitrogen and oxygen atoms in total. The lowest BCUT2D eigenvalue weighted by Gasteiger charge is -2.18. The summed E-state index contributed by atoms with van der Waals surface area (Å²) in [4.78, 5) is 12.4. The minimum absolute atomic E-state index is 0.0246. The minimum Gasteiger partial charge on any atom is -0.379 e. The van der Waals surface area contributed by atoms with Crippen LogP contribution in [0.25, 0.3) is 0 Å². The van der Waals surface area contributed by atoms with Crippen molar-refractivity contribution in [1.82, 2.24) is 10.6 Å². The largest absolute Gasteiger partial charge is 0.379 e. The van der Waals surface area contributed by atoms with Crippen LogP contribution < -0.4 is 10.6 Å². The molecule has 0 spiro atoms. The number of carbonyl (C=O) groups is 1. The van der Waals surface area contributed by atoms with Gasteiger partial charge in [-0.25, -0.2) is 0 Å². The fourth-order valence-corrected chi connectivity index (χ4v) is 3.04. The Balaban J connectivity index is 2.62. The summed E-state index contributed by atoms with van der Waals surface area (Å²) in [6.45, 7) is 10.9. The molecule has 5 heteroatoms. The standard InChI is InChI=1S/C17H28N2OSSi/c1-6-7-16(20)19-13(2)14-8-10-15(11-9-14)17(21)18-12-22(3,4)5/h8-11,13H,6-7,12H2,1-5H3,(H,18,21)(H,19,20). The Morgan fingerprint density at radius 3 is 2.32 bits per heavy atom. The molecule has 1 atom stereocenters. The highest BCUT2D eigenvalue weighted by molar-refractivity contribution is 7.80. The van der Waals surface area contributed by atoms with E-state index in [0.717, 1.165) is 28.7 Å². The van der Waals surface area contributed by atoms with E-state index < -0.39 is 8.07 Å². The quantitative estimate of drug-likeness (QED) is 0.588. The Morgan fingerprint density at radius 1 is 1.23 bits per heavy atom. The average Bonchev–Trinajstić information content (AvgIpc) is 2.44. The minimum atomic E-state index is -1.15. The van der Waals surface area contributed by atoms with Gasteiger partial charge in [0.2, 0.25) is 5.91 Å². The molecule has 0 aliphatic rings. The van der Waals surface area contributed by atoms with E-state index in [1.54, 1.807) is 0 Å². The zero-order chi connectivity index (χ0) is 16.8. The van der Waals surface area contributed by atoms with Gasteiger partial charge in [-0.3, -0.25) is 4.79 Å². The fraction of sp³-hybridized carbons (Fsp3) is 0.529. The monoisotopic (exact) mass is 336 g/mol. The van der Waals surface area contributed by atoms with Gasteiger partial charge in [0.25, 0.3) is 0 Å². The van der Waals surface area contributed by atoms with Gasteiger partial charge in [-0.15, -0.1) is 0 Å². The number of hydrogen-bond acceptors (Lipinski definition) is 2. The Morgan fingerprint density at radius 2 is 1.82 bits per heavy atom. The van der Waals surface area contributed by atoms with Gasteiger partial charge >= 0.3 is 0 Å². The average molecular weight is 337 g/mol. The molecule has 1 aromatic carbocycles. The van der Waals surface area contributed by atoms with Gasteiger partial charge in [-0.1, -0.05) is 63.0 Å². The second-order valence-corrected chi connectivity index (χ2v) is 12.8. The first kappa shape index (κ1) is 18.8. The molecule has 22 heavy (non-hydrogen) atoms.